The third kappa shape index (κ3) is 4.14. The minimum atomic E-state index is 0.578. The minimum absolute atomic E-state index is 0.578. The SMILES string of the molecule is c1ccc(-c2nc(-c3ccccc3)nc(-n3c4ccccc4c4c5c6ccccc6n(-c6ccc7oc8ccccc8c7c6)c5ccc43)n2)cc1. The van der Waals surface area contributed by atoms with Crippen LogP contribution in [0.3, 0.4) is 0 Å². The molecule has 0 spiro atoms. The van der Waals surface area contributed by atoms with E-state index >= 15 is 0 Å². The molecule has 7 aromatic carbocycles. The third-order valence-corrected chi connectivity index (χ3v) is 9.98. The molecule has 11 aromatic rings. The van der Waals surface area contributed by atoms with Crippen molar-refractivity contribution in [2.75, 3.05) is 0 Å². The number of aromatic nitrogens is 5. The lowest BCUT2D eigenvalue weighted by molar-refractivity contribution is 0.669. The van der Waals surface area contributed by atoms with E-state index in [2.05, 4.69) is 100 Å². The van der Waals surface area contributed by atoms with Gasteiger partial charge in [0.2, 0.25) is 5.95 Å². The number of fused-ring (bicyclic) bond motifs is 10. The summed E-state index contributed by atoms with van der Waals surface area (Å²) in [6.07, 6.45) is 0. The van der Waals surface area contributed by atoms with Crippen LogP contribution in [0.5, 0.6) is 0 Å². The van der Waals surface area contributed by atoms with Crippen LogP contribution in [-0.2, 0) is 0 Å². The number of para-hydroxylation sites is 3. The monoisotopic (exact) mass is 653 g/mol. The van der Waals surface area contributed by atoms with E-state index in [1.54, 1.807) is 0 Å². The van der Waals surface area contributed by atoms with Crippen molar-refractivity contribution in [2.24, 2.45) is 0 Å². The largest absolute Gasteiger partial charge is 0.456 e. The summed E-state index contributed by atoms with van der Waals surface area (Å²) < 4.78 is 10.8. The highest BCUT2D eigenvalue weighted by Crippen LogP contribution is 2.43. The zero-order valence-electron chi connectivity index (χ0n) is 27.2. The lowest BCUT2D eigenvalue weighted by atomic mass is 10.1. The predicted molar refractivity (Wildman–Crippen MR) is 207 cm³/mol. The molecular formula is C45H27N5O. The normalized spacial score (nSPS) is 11.9. The fourth-order valence-corrected chi connectivity index (χ4v) is 7.76. The average molecular weight is 654 g/mol. The van der Waals surface area contributed by atoms with Gasteiger partial charge >= 0.3 is 0 Å². The number of benzene rings is 7. The summed E-state index contributed by atoms with van der Waals surface area (Å²) in [6, 6.07) is 56.7. The minimum Gasteiger partial charge on any atom is -0.456 e. The van der Waals surface area contributed by atoms with Crippen LogP contribution in [0.25, 0.3) is 100.0 Å². The van der Waals surface area contributed by atoms with Gasteiger partial charge in [-0.05, 0) is 48.5 Å². The molecule has 4 heterocycles. The smallest absolute Gasteiger partial charge is 0.238 e. The molecule has 0 saturated carbocycles. The quantitative estimate of drug-likeness (QED) is 0.190. The second kappa shape index (κ2) is 10.7. The Balaban J connectivity index is 1.23. The summed E-state index contributed by atoms with van der Waals surface area (Å²) in [5, 5.41) is 6.89. The van der Waals surface area contributed by atoms with Crippen LogP contribution in [0.1, 0.15) is 0 Å². The topological polar surface area (TPSA) is 61.7 Å². The maximum Gasteiger partial charge on any atom is 0.238 e. The Labute approximate surface area is 291 Å². The maximum absolute atomic E-state index is 6.20. The van der Waals surface area contributed by atoms with E-state index in [1.165, 1.54) is 10.8 Å². The van der Waals surface area contributed by atoms with Gasteiger partial charge in [-0.25, -0.2) is 4.98 Å². The zero-order chi connectivity index (χ0) is 33.5. The van der Waals surface area contributed by atoms with Crippen molar-refractivity contribution in [2.45, 2.75) is 0 Å². The molecule has 0 radical (unpaired) electrons. The first-order chi connectivity index (χ1) is 25.3. The van der Waals surface area contributed by atoms with E-state index in [-0.39, 0.29) is 0 Å². The number of hydrogen-bond donors (Lipinski definition) is 0. The summed E-state index contributed by atoms with van der Waals surface area (Å²) in [4.78, 5) is 15.2. The summed E-state index contributed by atoms with van der Waals surface area (Å²) in [5.74, 6) is 1.84. The average Bonchev–Trinajstić information content (AvgIpc) is 3.85. The molecule has 0 aliphatic heterocycles. The molecule has 4 aromatic heterocycles. The molecule has 0 atom stereocenters. The summed E-state index contributed by atoms with van der Waals surface area (Å²) in [6.45, 7) is 0. The van der Waals surface area contributed by atoms with Gasteiger partial charge in [0.25, 0.3) is 0 Å². The van der Waals surface area contributed by atoms with E-state index in [1.807, 2.05) is 72.8 Å². The molecule has 0 aliphatic carbocycles. The van der Waals surface area contributed by atoms with Gasteiger partial charge in [-0.1, -0.05) is 115 Å². The van der Waals surface area contributed by atoms with Gasteiger partial charge in [-0.2, -0.15) is 9.97 Å². The number of hydrogen-bond acceptors (Lipinski definition) is 4. The molecule has 51 heavy (non-hydrogen) atoms. The van der Waals surface area contributed by atoms with Gasteiger partial charge in [-0.3, -0.25) is 4.57 Å². The Kier molecular flexibility index (Phi) is 5.86. The van der Waals surface area contributed by atoms with Crippen LogP contribution in [0.2, 0.25) is 0 Å². The van der Waals surface area contributed by atoms with Gasteiger partial charge in [0.1, 0.15) is 11.2 Å². The van der Waals surface area contributed by atoms with Crippen molar-refractivity contribution in [1.29, 1.82) is 0 Å². The Morgan fingerprint density at radius 1 is 0.373 bits per heavy atom. The molecule has 0 amide bonds. The predicted octanol–water partition coefficient (Wildman–Crippen LogP) is 11.3. The maximum atomic E-state index is 6.20. The number of rotatable bonds is 4. The fraction of sp³-hybridized carbons (Fsp3) is 0. The molecule has 0 saturated heterocycles. The van der Waals surface area contributed by atoms with E-state index in [0.717, 1.165) is 71.6 Å². The molecule has 0 aliphatic rings. The second-order valence-corrected chi connectivity index (χ2v) is 12.9. The van der Waals surface area contributed by atoms with Crippen molar-refractivity contribution in [3.05, 3.63) is 164 Å². The Morgan fingerprint density at radius 2 is 0.882 bits per heavy atom. The van der Waals surface area contributed by atoms with Gasteiger partial charge < -0.3 is 8.98 Å². The van der Waals surface area contributed by atoms with Gasteiger partial charge in [0, 0.05) is 49.1 Å². The van der Waals surface area contributed by atoms with Crippen LogP contribution >= 0.6 is 0 Å². The first kappa shape index (κ1) is 27.9. The van der Waals surface area contributed by atoms with Crippen LogP contribution < -0.4 is 0 Å². The fourth-order valence-electron chi connectivity index (χ4n) is 7.76. The molecule has 6 heteroatoms. The van der Waals surface area contributed by atoms with E-state index in [0.29, 0.717) is 17.6 Å². The zero-order valence-corrected chi connectivity index (χ0v) is 27.2. The highest BCUT2D eigenvalue weighted by atomic mass is 16.3. The second-order valence-electron chi connectivity index (χ2n) is 12.9. The summed E-state index contributed by atoms with van der Waals surface area (Å²) in [5.41, 5.74) is 9.07. The van der Waals surface area contributed by atoms with Gasteiger partial charge in [0.05, 0.1) is 22.1 Å². The Bertz CT molecular complexity index is 3080. The molecule has 0 unspecified atom stereocenters. The number of nitrogens with zero attached hydrogens (tertiary/aromatic N) is 5. The molecule has 0 bridgehead atoms. The van der Waals surface area contributed by atoms with E-state index in [9.17, 15) is 0 Å². The summed E-state index contributed by atoms with van der Waals surface area (Å²) in [7, 11) is 0. The number of furan rings is 1. The van der Waals surface area contributed by atoms with Crippen molar-refractivity contribution >= 4 is 65.6 Å². The Hall–Kier alpha value is -7.05. The van der Waals surface area contributed by atoms with Crippen LogP contribution in [0, 0.1) is 0 Å². The van der Waals surface area contributed by atoms with Crippen LogP contribution in [0.15, 0.2) is 168 Å². The highest BCUT2D eigenvalue weighted by Gasteiger charge is 2.23. The molecular weight excluding hydrogens is 627 g/mol. The summed E-state index contributed by atoms with van der Waals surface area (Å²) >= 11 is 0. The first-order valence-corrected chi connectivity index (χ1v) is 17.0. The van der Waals surface area contributed by atoms with Crippen LogP contribution in [-0.4, -0.2) is 24.1 Å². The highest BCUT2D eigenvalue weighted by molar-refractivity contribution is 6.29. The molecule has 0 N–H and O–H groups in total. The van der Waals surface area contributed by atoms with E-state index < -0.39 is 0 Å². The molecule has 11 rings (SSSR count). The Morgan fingerprint density at radius 3 is 1.53 bits per heavy atom. The molecule has 238 valence electrons. The van der Waals surface area contributed by atoms with Crippen molar-refractivity contribution in [3.8, 4) is 34.4 Å². The van der Waals surface area contributed by atoms with Crippen molar-refractivity contribution in [3.63, 3.8) is 0 Å². The first-order valence-electron chi connectivity index (χ1n) is 17.0. The molecule has 0 fully saturated rings. The lowest BCUT2D eigenvalue weighted by Crippen LogP contribution is -2.06. The standard InChI is InChI=1S/C45H27N5O/c1-3-13-28(14-4-1)43-46-44(29-15-5-2-6-16-29)48-45(47-43)50-36-21-11-8-19-33(36)42-38(50)25-24-37-41(42)32-18-7-10-20-35(32)49(37)30-23-26-40-34(27-30)31-17-9-12-22-39(31)51-40/h1-27H. The van der Waals surface area contributed by atoms with Gasteiger partial charge in [-0.15, -0.1) is 0 Å². The third-order valence-electron chi connectivity index (χ3n) is 9.98. The van der Waals surface area contributed by atoms with Crippen molar-refractivity contribution in [1.82, 2.24) is 24.1 Å². The van der Waals surface area contributed by atoms with Gasteiger partial charge in [0.15, 0.2) is 11.6 Å². The molecule has 6 nitrogen and oxygen atoms in total. The van der Waals surface area contributed by atoms with Crippen LogP contribution in [0.4, 0.5) is 0 Å². The van der Waals surface area contributed by atoms with Crippen molar-refractivity contribution < 1.29 is 4.42 Å². The lowest BCUT2D eigenvalue weighted by Gasteiger charge is -2.11. The van der Waals surface area contributed by atoms with E-state index in [4.69, 9.17) is 19.4 Å².